The number of esters is 1. The van der Waals surface area contributed by atoms with Crippen LogP contribution in [0.3, 0.4) is 0 Å². The van der Waals surface area contributed by atoms with Crippen LogP contribution < -0.4 is 15.3 Å². The van der Waals surface area contributed by atoms with Crippen molar-refractivity contribution < 1.29 is 33.0 Å². The number of azide groups is 1. The quantitative estimate of drug-likeness (QED) is 0.0332. The Kier molecular flexibility index (Phi) is 11.7. The van der Waals surface area contributed by atoms with Crippen molar-refractivity contribution in [3.63, 3.8) is 0 Å². The topological polar surface area (TPSA) is 203 Å². The average molecular weight is 671 g/mol. The number of fused-ring (bicyclic) bond motifs is 1. The number of nitrogens with zero attached hydrogens (tertiary/aromatic N) is 7. The molecule has 0 amide bonds. The van der Waals surface area contributed by atoms with Gasteiger partial charge in [0.2, 0.25) is 0 Å². The molecule has 16 nitrogen and oxygen atoms in total. The molecule has 2 aromatic carbocycles. The van der Waals surface area contributed by atoms with E-state index in [9.17, 15) is 24.8 Å². The lowest BCUT2D eigenvalue weighted by Crippen LogP contribution is -2.44. The van der Waals surface area contributed by atoms with Crippen LogP contribution in [0, 0.1) is 5.92 Å². The number of hydrogen-bond acceptors (Lipinski definition) is 11. The molecular weight excluding hydrogens is 631 g/mol. The summed E-state index contributed by atoms with van der Waals surface area (Å²) in [5, 5.41) is 19.0. The van der Waals surface area contributed by atoms with Crippen LogP contribution in [0.2, 0.25) is 0 Å². The number of aliphatic imine (C=N–C) groups is 1. The molecule has 1 aromatic heterocycles. The lowest BCUT2D eigenvalue weighted by Gasteiger charge is -2.30. The Balaban J connectivity index is 1.64. The SMILES string of the molecule is CCCCOC(=O)[C@H](C)NP(=O)(OC[C@@]1(N=[N+]=[N-])O[C@@H](n2ccc(N=CN(C)C)nc2=O)[C@@H](C)[C@@H]1O)Oc1cccc2ccccc12. The van der Waals surface area contributed by atoms with Crippen LogP contribution >= 0.6 is 7.75 Å². The summed E-state index contributed by atoms with van der Waals surface area (Å²) in [7, 11) is -0.984. The number of aliphatic hydroxyl groups excluding tert-OH is 1. The van der Waals surface area contributed by atoms with E-state index in [2.05, 4.69) is 25.1 Å². The number of carbonyl (C=O) groups excluding carboxylic acids is 1. The molecule has 1 aliphatic rings. The van der Waals surface area contributed by atoms with E-state index in [0.29, 0.717) is 11.8 Å². The number of rotatable bonds is 15. The number of hydrogen-bond donors (Lipinski definition) is 2. The molecule has 1 saturated heterocycles. The van der Waals surface area contributed by atoms with E-state index in [-0.39, 0.29) is 18.2 Å². The van der Waals surface area contributed by atoms with Crippen molar-refractivity contribution in [3.05, 3.63) is 75.7 Å². The van der Waals surface area contributed by atoms with Gasteiger partial charge in [0.15, 0.2) is 11.5 Å². The normalized spacial score (nSPS) is 22.8. The maximum Gasteiger partial charge on any atom is 0.459 e. The zero-order valence-corrected chi connectivity index (χ0v) is 27.7. The number of nitrogens with one attached hydrogen (secondary N) is 1. The van der Waals surface area contributed by atoms with E-state index in [4.69, 9.17) is 18.5 Å². The number of carbonyl (C=O) groups is 1. The van der Waals surface area contributed by atoms with Gasteiger partial charge in [-0.3, -0.25) is 13.9 Å². The second kappa shape index (κ2) is 15.5. The Morgan fingerprint density at radius 3 is 2.74 bits per heavy atom. The summed E-state index contributed by atoms with van der Waals surface area (Å²) in [6, 6.07) is 12.7. The molecule has 47 heavy (non-hydrogen) atoms. The van der Waals surface area contributed by atoms with Gasteiger partial charge >= 0.3 is 19.4 Å². The molecule has 2 heterocycles. The lowest BCUT2D eigenvalue weighted by molar-refractivity contribution is -0.145. The number of benzene rings is 2. The lowest BCUT2D eigenvalue weighted by atomic mass is 9.98. The molecule has 0 bridgehead atoms. The highest BCUT2D eigenvalue weighted by atomic mass is 31.2. The Bertz CT molecular complexity index is 1740. The minimum atomic E-state index is -4.51. The van der Waals surface area contributed by atoms with Gasteiger partial charge < -0.3 is 24.0 Å². The summed E-state index contributed by atoms with van der Waals surface area (Å²) >= 11 is 0. The number of ether oxygens (including phenoxy) is 2. The molecule has 0 aliphatic carbocycles. The summed E-state index contributed by atoms with van der Waals surface area (Å²) in [4.78, 5) is 38.2. The molecule has 0 saturated carbocycles. The van der Waals surface area contributed by atoms with Crippen molar-refractivity contribution in [1.29, 1.82) is 0 Å². The van der Waals surface area contributed by atoms with Gasteiger partial charge in [-0.25, -0.2) is 14.4 Å². The minimum absolute atomic E-state index is 0.149. The maximum absolute atomic E-state index is 14.4. The van der Waals surface area contributed by atoms with Gasteiger partial charge in [0, 0.05) is 36.5 Å². The molecule has 6 atom stereocenters. The Hall–Kier alpha value is -4.30. The van der Waals surface area contributed by atoms with Crippen molar-refractivity contribution in [2.24, 2.45) is 16.0 Å². The van der Waals surface area contributed by atoms with E-state index in [1.54, 1.807) is 50.2 Å². The molecule has 0 radical (unpaired) electrons. The highest BCUT2D eigenvalue weighted by Crippen LogP contribution is 2.50. The highest BCUT2D eigenvalue weighted by molar-refractivity contribution is 7.52. The number of aliphatic hydroxyl groups is 1. The summed E-state index contributed by atoms with van der Waals surface area (Å²) in [6.07, 6.45) is 1.62. The van der Waals surface area contributed by atoms with Gasteiger partial charge in [-0.05, 0) is 36.4 Å². The third kappa shape index (κ3) is 8.55. The van der Waals surface area contributed by atoms with Gasteiger partial charge in [-0.2, -0.15) is 10.1 Å². The molecule has 252 valence electrons. The molecule has 1 fully saturated rings. The van der Waals surface area contributed by atoms with E-state index in [1.165, 1.54) is 25.5 Å². The molecule has 3 aromatic rings. The van der Waals surface area contributed by atoms with Crippen LogP contribution in [-0.4, -0.2) is 77.0 Å². The second-order valence-electron chi connectivity index (χ2n) is 11.2. The van der Waals surface area contributed by atoms with Gasteiger partial charge in [-0.1, -0.05) is 61.8 Å². The Morgan fingerprint density at radius 1 is 1.30 bits per heavy atom. The van der Waals surface area contributed by atoms with E-state index >= 15 is 0 Å². The molecule has 2 N–H and O–H groups in total. The van der Waals surface area contributed by atoms with Crippen LogP contribution in [0.5, 0.6) is 5.75 Å². The fraction of sp³-hybridized carbons (Fsp3) is 0.467. The van der Waals surface area contributed by atoms with Crippen LogP contribution in [0.4, 0.5) is 5.82 Å². The maximum atomic E-state index is 14.4. The minimum Gasteiger partial charge on any atom is -0.465 e. The zero-order chi connectivity index (χ0) is 34.2. The van der Waals surface area contributed by atoms with Crippen LogP contribution in [0.25, 0.3) is 21.2 Å². The summed E-state index contributed by atoms with van der Waals surface area (Å²) in [6.45, 7) is 4.34. The van der Waals surface area contributed by atoms with Gasteiger partial charge in [0.25, 0.3) is 0 Å². The fourth-order valence-electron chi connectivity index (χ4n) is 4.82. The Morgan fingerprint density at radius 2 is 2.04 bits per heavy atom. The molecule has 4 rings (SSSR count). The summed E-state index contributed by atoms with van der Waals surface area (Å²) in [5.41, 5.74) is 6.59. The van der Waals surface area contributed by atoms with E-state index in [0.717, 1.165) is 16.4 Å². The van der Waals surface area contributed by atoms with Crippen molar-refractivity contribution >= 4 is 36.6 Å². The van der Waals surface area contributed by atoms with Crippen LogP contribution in [0.1, 0.15) is 39.8 Å². The average Bonchev–Trinajstić information content (AvgIpc) is 3.28. The summed E-state index contributed by atoms with van der Waals surface area (Å²) in [5.74, 6) is -1.20. The second-order valence-corrected chi connectivity index (χ2v) is 12.9. The van der Waals surface area contributed by atoms with Crippen molar-refractivity contribution in [2.75, 3.05) is 27.3 Å². The van der Waals surface area contributed by atoms with Crippen LogP contribution in [-0.2, 0) is 23.4 Å². The van der Waals surface area contributed by atoms with Gasteiger partial charge in [-0.15, -0.1) is 0 Å². The van der Waals surface area contributed by atoms with Gasteiger partial charge in [0.05, 0.1) is 25.7 Å². The predicted molar refractivity (Wildman–Crippen MR) is 174 cm³/mol. The largest absolute Gasteiger partial charge is 0.465 e. The fourth-order valence-corrected chi connectivity index (χ4v) is 6.35. The Labute approximate surface area is 271 Å². The van der Waals surface area contributed by atoms with Crippen molar-refractivity contribution in [2.45, 2.75) is 57.7 Å². The van der Waals surface area contributed by atoms with Crippen molar-refractivity contribution in [3.8, 4) is 5.75 Å². The number of unbranched alkanes of at least 4 members (excludes halogenated alkanes) is 1. The molecule has 1 unspecified atom stereocenters. The third-order valence-corrected chi connectivity index (χ3v) is 8.93. The first-order valence-electron chi connectivity index (χ1n) is 15.0. The van der Waals surface area contributed by atoms with Crippen LogP contribution in [0.15, 0.2) is 69.6 Å². The summed E-state index contributed by atoms with van der Waals surface area (Å²) < 4.78 is 38.6. The smallest absolute Gasteiger partial charge is 0.459 e. The third-order valence-electron chi connectivity index (χ3n) is 7.32. The first kappa shape index (κ1) is 35.6. The van der Waals surface area contributed by atoms with Gasteiger partial charge in [0.1, 0.15) is 18.0 Å². The molecular formula is C30H39N8O8P. The standard InChI is InChI=1S/C30H39N8O8P/c1-6-7-17-43-28(40)21(3)34-47(42,46-24-14-10-12-22-11-8-9-13-23(22)24)44-18-30(35-36-31)26(39)20(2)27(45-30)38-16-15-25(33-29(38)41)32-19-37(4)5/h8-16,19-21,26-27,39H,6-7,17-18H2,1-5H3,(H,34,42)/t20-,21-,26-,27+,30+,47?/m0/s1. The molecule has 17 heteroatoms. The predicted octanol–water partition coefficient (Wildman–Crippen LogP) is 4.68. The zero-order valence-electron chi connectivity index (χ0n) is 26.8. The van der Waals surface area contributed by atoms with E-state index in [1.807, 2.05) is 25.1 Å². The number of aromatic nitrogens is 2. The van der Waals surface area contributed by atoms with E-state index < -0.39 is 56.0 Å². The monoisotopic (exact) mass is 670 g/mol. The molecule has 1 aliphatic heterocycles. The van der Waals surface area contributed by atoms with Crippen molar-refractivity contribution in [1.82, 2.24) is 19.5 Å². The first-order chi connectivity index (χ1) is 22.4. The highest BCUT2D eigenvalue weighted by Gasteiger charge is 2.55. The first-order valence-corrected chi connectivity index (χ1v) is 16.5. The molecule has 0 spiro atoms.